The second kappa shape index (κ2) is 14.2. The second-order valence-corrected chi connectivity index (χ2v) is 17.0. The summed E-state index contributed by atoms with van der Waals surface area (Å²) in [6.07, 6.45) is 0. The normalized spacial score (nSPS) is 11.8. The largest absolute Gasteiger partial charge is 0.456 e. The molecule has 0 fully saturated rings. The van der Waals surface area contributed by atoms with Gasteiger partial charge >= 0.3 is 0 Å². The first kappa shape index (κ1) is 35.6. The van der Waals surface area contributed by atoms with Gasteiger partial charge in [0, 0.05) is 52.8 Å². The fourth-order valence-electron chi connectivity index (χ4n) is 9.39. The molecule has 9 aromatic carbocycles. The van der Waals surface area contributed by atoms with Crippen LogP contribution in [0, 0.1) is 0 Å². The van der Waals surface area contributed by atoms with Crippen molar-refractivity contribution in [1.29, 1.82) is 0 Å². The topological polar surface area (TPSA) is 56.7 Å². The molecule has 294 valence electrons. The van der Waals surface area contributed by atoms with Crippen LogP contribution in [0.15, 0.2) is 211 Å². The van der Waals surface area contributed by atoms with Gasteiger partial charge in [0.2, 0.25) is 5.95 Å². The van der Waals surface area contributed by atoms with Gasteiger partial charge in [-0.15, -0.1) is 11.3 Å². The van der Waals surface area contributed by atoms with Crippen molar-refractivity contribution in [2.75, 3.05) is 0 Å². The van der Waals surface area contributed by atoms with Crippen molar-refractivity contribution in [2.45, 2.75) is 0 Å². The molecule has 0 saturated heterocycles. The Morgan fingerprint density at radius 2 is 0.984 bits per heavy atom. The number of hydrogen-bond acceptors (Lipinski definition) is 5. The van der Waals surface area contributed by atoms with Crippen LogP contribution >= 0.6 is 11.3 Å². The van der Waals surface area contributed by atoms with Crippen molar-refractivity contribution in [3.05, 3.63) is 206 Å². The van der Waals surface area contributed by atoms with E-state index < -0.39 is 0 Å². The molecule has 6 heteroatoms. The minimum absolute atomic E-state index is 0.544. The van der Waals surface area contributed by atoms with Crippen molar-refractivity contribution >= 4 is 75.3 Å². The summed E-state index contributed by atoms with van der Waals surface area (Å²) in [4.78, 5) is 16.2. The third-order valence-corrected chi connectivity index (χ3v) is 13.4. The summed E-state index contributed by atoms with van der Waals surface area (Å²) in [5.74, 6) is 1.68. The Labute approximate surface area is 365 Å². The first-order valence-electron chi connectivity index (χ1n) is 21.1. The minimum atomic E-state index is 0.544. The molecule has 0 atom stereocenters. The predicted octanol–water partition coefficient (Wildman–Crippen LogP) is 15.6. The van der Waals surface area contributed by atoms with Crippen LogP contribution in [-0.4, -0.2) is 19.5 Å². The average molecular weight is 823 g/mol. The summed E-state index contributed by atoms with van der Waals surface area (Å²) in [5.41, 5.74) is 12.1. The van der Waals surface area contributed by atoms with Crippen LogP contribution in [0.2, 0.25) is 0 Å². The highest BCUT2D eigenvalue weighted by atomic mass is 32.1. The SMILES string of the molecule is c1ccc(-c2cc(-c3ccccc3)cc(-c3nc(-c4ccc5c(c4)oc4cccc(-c6ccccc6)c45)nc(-n4c5ccccc5c5c6c(ccc54)sc4ccccc46)n3)c2)cc1. The fourth-order valence-corrected chi connectivity index (χ4v) is 10.5. The maximum absolute atomic E-state index is 6.63. The van der Waals surface area contributed by atoms with E-state index in [0.29, 0.717) is 17.6 Å². The van der Waals surface area contributed by atoms with Crippen molar-refractivity contribution in [2.24, 2.45) is 0 Å². The smallest absolute Gasteiger partial charge is 0.238 e. The molecule has 0 bridgehead atoms. The van der Waals surface area contributed by atoms with Crippen LogP contribution in [0.3, 0.4) is 0 Å². The lowest BCUT2D eigenvalue weighted by Gasteiger charge is -2.13. The number of aromatic nitrogens is 4. The van der Waals surface area contributed by atoms with Gasteiger partial charge in [0.05, 0.1) is 11.0 Å². The highest BCUT2D eigenvalue weighted by Gasteiger charge is 2.22. The first-order valence-corrected chi connectivity index (χ1v) is 21.9. The number of hydrogen-bond donors (Lipinski definition) is 0. The number of rotatable bonds is 6. The maximum atomic E-state index is 6.63. The van der Waals surface area contributed by atoms with E-state index in [1.165, 1.54) is 25.6 Å². The van der Waals surface area contributed by atoms with E-state index in [1.54, 1.807) is 0 Å². The van der Waals surface area contributed by atoms with Crippen molar-refractivity contribution in [3.63, 3.8) is 0 Å². The van der Waals surface area contributed by atoms with Crippen LogP contribution < -0.4 is 0 Å². The molecule has 0 saturated carbocycles. The maximum Gasteiger partial charge on any atom is 0.238 e. The Morgan fingerprint density at radius 3 is 1.73 bits per heavy atom. The first-order chi connectivity index (χ1) is 31.2. The van der Waals surface area contributed by atoms with E-state index in [4.69, 9.17) is 19.4 Å². The zero-order valence-electron chi connectivity index (χ0n) is 33.7. The Balaban J connectivity index is 1.09. The molecular weight excluding hydrogens is 789 g/mol. The Bertz CT molecular complexity index is 3850. The molecule has 13 rings (SSSR count). The van der Waals surface area contributed by atoms with Gasteiger partial charge in [0.25, 0.3) is 0 Å². The summed E-state index contributed by atoms with van der Waals surface area (Å²) < 4.78 is 11.4. The van der Waals surface area contributed by atoms with E-state index in [2.05, 4.69) is 199 Å². The third-order valence-electron chi connectivity index (χ3n) is 12.2. The lowest BCUT2D eigenvalue weighted by Crippen LogP contribution is -2.06. The van der Waals surface area contributed by atoms with Gasteiger partial charge < -0.3 is 4.42 Å². The Morgan fingerprint density at radius 1 is 0.349 bits per heavy atom. The van der Waals surface area contributed by atoms with Gasteiger partial charge in [-0.3, -0.25) is 4.57 Å². The zero-order chi connectivity index (χ0) is 41.4. The van der Waals surface area contributed by atoms with E-state index in [-0.39, 0.29) is 0 Å². The number of nitrogens with zero attached hydrogens (tertiary/aromatic N) is 4. The summed E-state index contributed by atoms with van der Waals surface area (Å²) in [7, 11) is 0. The quantitative estimate of drug-likeness (QED) is 0.168. The van der Waals surface area contributed by atoms with Crippen molar-refractivity contribution in [1.82, 2.24) is 19.5 Å². The highest BCUT2D eigenvalue weighted by Crippen LogP contribution is 2.44. The lowest BCUT2D eigenvalue weighted by molar-refractivity contribution is 0.669. The van der Waals surface area contributed by atoms with Gasteiger partial charge in [-0.05, 0) is 94.0 Å². The molecule has 0 radical (unpaired) electrons. The molecular formula is C57H34N4OS. The molecule has 0 aliphatic rings. The molecule has 0 unspecified atom stereocenters. The zero-order valence-corrected chi connectivity index (χ0v) is 34.6. The molecule has 4 aromatic heterocycles. The van der Waals surface area contributed by atoms with Crippen LogP contribution in [0.4, 0.5) is 0 Å². The van der Waals surface area contributed by atoms with E-state index in [1.807, 2.05) is 23.5 Å². The number of furan rings is 1. The summed E-state index contributed by atoms with van der Waals surface area (Å²) in [6, 6.07) is 72.5. The monoisotopic (exact) mass is 822 g/mol. The summed E-state index contributed by atoms with van der Waals surface area (Å²) in [5, 5.41) is 6.99. The van der Waals surface area contributed by atoms with Crippen LogP contribution in [0.25, 0.3) is 126 Å². The van der Waals surface area contributed by atoms with Crippen molar-refractivity contribution < 1.29 is 4.42 Å². The average Bonchev–Trinajstić information content (AvgIpc) is 4.04. The highest BCUT2D eigenvalue weighted by molar-refractivity contribution is 7.26. The number of thiophene rings is 1. The number of fused-ring (bicyclic) bond motifs is 10. The lowest BCUT2D eigenvalue weighted by atomic mass is 9.96. The van der Waals surface area contributed by atoms with E-state index in [0.717, 1.165) is 82.9 Å². The van der Waals surface area contributed by atoms with Gasteiger partial charge in [-0.2, -0.15) is 9.97 Å². The number of para-hydroxylation sites is 1. The minimum Gasteiger partial charge on any atom is -0.456 e. The molecule has 5 nitrogen and oxygen atoms in total. The van der Waals surface area contributed by atoms with Gasteiger partial charge in [-0.1, -0.05) is 146 Å². The van der Waals surface area contributed by atoms with E-state index >= 15 is 0 Å². The van der Waals surface area contributed by atoms with Gasteiger partial charge in [0.1, 0.15) is 11.2 Å². The molecule has 13 aromatic rings. The summed E-state index contributed by atoms with van der Waals surface area (Å²) >= 11 is 1.83. The van der Waals surface area contributed by atoms with E-state index in [9.17, 15) is 0 Å². The molecule has 4 heterocycles. The Kier molecular flexibility index (Phi) is 8.01. The predicted molar refractivity (Wildman–Crippen MR) is 262 cm³/mol. The molecule has 0 aliphatic heterocycles. The standard InChI is InChI=1S/C57H34N4OS/c1-4-15-35(16-5-1)39-31-40(36-17-6-2-7-18-36)33-41(32-39)56-58-55(38-27-28-44-49(34-38)62-48-25-14-23-42(52(44)48)37-19-8-3-9-20-37)59-57(60-56)61-46-24-12-10-21-43(46)53-47(61)29-30-51-54(53)45-22-11-13-26-50(45)63-51/h1-34H. The molecule has 0 aliphatic carbocycles. The fraction of sp³-hybridized carbons (Fsp3) is 0. The third kappa shape index (κ3) is 5.80. The second-order valence-electron chi connectivity index (χ2n) is 16.0. The van der Waals surface area contributed by atoms with Crippen LogP contribution in [-0.2, 0) is 0 Å². The van der Waals surface area contributed by atoms with Gasteiger partial charge in [0.15, 0.2) is 11.6 Å². The molecule has 63 heavy (non-hydrogen) atoms. The Hall–Kier alpha value is -8.19. The molecule has 0 amide bonds. The number of benzene rings is 9. The molecule has 0 spiro atoms. The molecule has 0 N–H and O–H groups in total. The van der Waals surface area contributed by atoms with Crippen molar-refractivity contribution in [3.8, 4) is 62.1 Å². The van der Waals surface area contributed by atoms with Crippen LogP contribution in [0.1, 0.15) is 0 Å². The summed E-state index contributed by atoms with van der Waals surface area (Å²) in [6.45, 7) is 0. The van der Waals surface area contributed by atoms with Gasteiger partial charge in [-0.25, -0.2) is 4.98 Å². The van der Waals surface area contributed by atoms with Crippen LogP contribution in [0.5, 0.6) is 0 Å².